The van der Waals surface area contributed by atoms with Crippen molar-refractivity contribution in [3.8, 4) is 0 Å². The third-order valence-electron chi connectivity index (χ3n) is 5.47. The van der Waals surface area contributed by atoms with Crippen LogP contribution in [-0.2, 0) is 13.0 Å². The third-order valence-corrected chi connectivity index (χ3v) is 5.47. The third kappa shape index (κ3) is 7.62. The largest absolute Gasteiger partial charge is 0.444 e. The predicted molar refractivity (Wildman–Crippen MR) is 129 cm³/mol. The maximum Gasteiger partial charge on any atom is 0.208 e. The van der Waals surface area contributed by atoms with Crippen LogP contribution in [0.4, 0.5) is 0 Å². The molecule has 1 aliphatic heterocycles. The lowest BCUT2D eigenvalue weighted by molar-refractivity contribution is 0.164. The van der Waals surface area contributed by atoms with Crippen LogP contribution in [0.5, 0.6) is 0 Å². The van der Waals surface area contributed by atoms with Gasteiger partial charge in [0.05, 0.1) is 12.2 Å². The van der Waals surface area contributed by atoms with Crippen molar-refractivity contribution in [2.45, 2.75) is 39.7 Å². The number of nitrogens with zero attached hydrogens (tertiary/aromatic N) is 3. The van der Waals surface area contributed by atoms with Gasteiger partial charge in [-0.25, -0.2) is 4.98 Å². The van der Waals surface area contributed by atoms with Crippen LogP contribution in [0.25, 0.3) is 0 Å². The Kier molecular flexibility index (Phi) is 9.93. The quantitative estimate of drug-likeness (QED) is 0.339. The lowest BCUT2D eigenvalue weighted by atomic mass is 9.97. The number of nitrogens with one attached hydrogen (secondary N) is 2. The van der Waals surface area contributed by atoms with Gasteiger partial charge in [0.25, 0.3) is 0 Å². The van der Waals surface area contributed by atoms with E-state index in [1.807, 2.05) is 20.9 Å². The van der Waals surface area contributed by atoms with E-state index in [1.54, 1.807) is 0 Å². The Hall–Kier alpha value is -1.61. The average Bonchev–Trinajstić information content (AvgIpc) is 3.03. The number of rotatable bonds is 7. The Balaban J connectivity index is 0.00000300. The number of hydrogen-bond donors (Lipinski definition) is 2. The summed E-state index contributed by atoms with van der Waals surface area (Å²) < 4.78 is 5.72. The van der Waals surface area contributed by atoms with E-state index in [0.29, 0.717) is 5.92 Å². The first kappa shape index (κ1) is 23.7. The van der Waals surface area contributed by atoms with Crippen molar-refractivity contribution >= 4 is 29.9 Å². The number of aliphatic imine (C=N–C) groups is 1. The second kappa shape index (κ2) is 12.2. The van der Waals surface area contributed by atoms with E-state index < -0.39 is 0 Å². The molecule has 0 spiro atoms. The van der Waals surface area contributed by atoms with E-state index in [1.165, 1.54) is 18.4 Å². The number of halogens is 1. The van der Waals surface area contributed by atoms with Gasteiger partial charge in [0.2, 0.25) is 5.89 Å². The van der Waals surface area contributed by atoms with E-state index in [4.69, 9.17) is 4.42 Å². The molecule has 0 bridgehead atoms. The van der Waals surface area contributed by atoms with Crippen molar-refractivity contribution in [1.29, 1.82) is 0 Å². The number of aryl methyl sites for hydroxylation is 2. The standard InChI is InChI=1S/C22H33N5O.HI/c1-17-18(2)28-21(26-17)16-27-13-10-20(11-14-27)15-25-22(23-3)24-12-9-19-7-5-4-6-8-19;/h4-8,20H,9-16H2,1-3H3,(H2,23,24,25);1H. The van der Waals surface area contributed by atoms with Crippen molar-refractivity contribution in [3.63, 3.8) is 0 Å². The smallest absolute Gasteiger partial charge is 0.208 e. The highest BCUT2D eigenvalue weighted by molar-refractivity contribution is 14.0. The number of hydrogen-bond acceptors (Lipinski definition) is 4. The van der Waals surface area contributed by atoms with Crippen LogP contribution < -0.4 is 10.6 Å². The summed E-state index contributed by atoms with van der Waals surface area (Å²) in [5.41, 5.74) is 2.34. The molecule has 1 aromatic heterocycles. The van der Waals surface area contributed by atoms with Crippen LogP contribution in [0.3, 0.4) is 0 Å². The second-order valence-corrected chi connectivity index (χ2v) is 7.58. The van der Waals surface area contributed by atoms with Crippen molar-refractivity contribution in [3.05, 3.63) is 53.2 Å². The van der Waals surface area contributed by atoms with Crippen LogP contribution in [0, 0.1) is 19.8 Å². The Morgan fingerprint density at radius 3 is 2.52 bits per heavy atom. The molecule has 6 nitrogen and oxygen atoms in total. The van der Waals surface area contributed by atoms with E-state index in [2.05, 4.69) is 55.8 Å². The first-order valence-corrected chi connectivity index (χ1v) is 10.3. The molecule has 2 N–H and O–H groups in total. The van der Waals surface area contributed by atoms with Gasteiger partial charge in [-0.05, 0) is 57.7 Å². The van der Waals surface area contributed by atoms with Crippen molar-refractivity contribution in [1.82, 2.24) is 20.5 Å². The highest BCUT2D eigenvalue weighted by Crippen LogP contribution is 2.19. The van der Waals surface area contributed by atoms with Gasteiger partial charge < -0.3 is 15.1 Å². The Morgan fingerprint density at radius 2 is 1.90 bits per heavy atom. The SMILES string of the molecule is CN=C(NCCc1ccccc1)NCC1CCN(Cc2nc(C)c(C)o2)CC1.I. The molecule has 1 aliphatic rings. The fraction of sp³-hybridized carbons (Fsp3) is 0.545. The molecule has 1 fully saturated rings. The van der Waals surface area contributed by atoms with Gasteiger partial charge in [0.1, 0.15) is 5.76 Å². The van der Waals surface area contributed by atoms with Crippen LogP contribution in [0.15, 0.2) is 39.7 Å². The fourth-order valence-electron chi connectivity index (χ4n) is 3.58. The molecule has 0 aliphatic carbocycles. The molecule has 2 aromatic rings. The molecule has 29 heavy (non-hydrogen) atoms. The van der Waals surface area contributed by atoms with Gasteiger partial charge in [-0.15, -0.1) is 24.0 Å². The minimum atomic E-state index is 0. The fourth-order valence-corrected chi connectivity index (χ4v) is 3.58. The molecule has 2 heterocycles. The van der Waals surface area contributed by atoms with Crippen LogP contribution >= 0.6 is 24.0 Å². The summed E-state index contributed by atoms with van der Waals surface area (Å²) in [5, 5.41) is 6.90. The number of oxazole rings is 1. The lowest BCUT2D eigenvalue weighted by Crippen LogP contribution is -2.43. The van der Waals surface area contributed by atoms with Gasteiger partial charge in [-0.3, -0.25) is 9.89 Å². The molecule has 0 unspecified atom stereocenters. The van der Waals surface area contributed by atoms with Crippen LogP contribution in [0.2, 0.25) is 0 Å². The number of likely N-dealkylation sites (tertiary alicyclic amines) is 1. The maximum absolute atomic E-state index is 5.72. The zero-order chi connectivity index (χ0) is 19.8. The van der Waals surface area contributed by atoms with Gasteiger partial charge in [0, 0.05) is 20.1 Å². The molecule has 0 atom stereocenters. The van der Waals surface area contributed by atoms with Gasteiger partial charge in [0.15, 0.2) is 5.96 Å². The van der Waals surface area contributed by atoms with Crippen molar-refractivity contribution in [2.75, 3.05) is 33.2 Å². The molecule has 1 saturated heterocycles. The summed E-state index contributed by atoms with van der Waals surface area (Å²) in [7, 11) is 1.83. The van der Waals surface area contributed by atoms with Gasteiger partial charge in [-0.2, -0.15) is 0 Å². The number of guanidine groups is 1. The zero-order valence-electron chi connectivity index (χ0n) is 17.8. The minimum Gasteiger partial charge on any atom is -0.444 e. The average molecular weight is 511 g/mol. The number of aromatic nitrogens is 1. The first-order valence-electron chi connectivity index (χ1n) is 10.3. The molecular formula is C22H34IN5O. The second-order valence-electron chi connectivity index (χ2n) is 7.58. The normalized spacial score (nSPS) is 15.8. The summed E-state index contributed by atoms with van der Waals surface area (Å²) in [5.74, 6) is 3.34. The Morgan fingerprint density at radius 1 is 1.17 bits per heavy atom. The van der Waals surface area contributed by atoms with Gasteiger partial charge >= 0.3 is 0 Å². The highest BCUT2D eigenvalue weighted by atomic mass is 127. The van der Waals surface area contributed by atoms with Crippen molar-refractivity contribution in [2.24, 2.45) is 10.9 Å². The topological polar surface area (TPSA) is 65.7 Å². The minimum absolute atomic E-state index is 0. The first-order chi connectivity index (χ1) is 13.6. The molecule has 1 aromatic carbocycles. The van der Waals surface area contributed by atoms with Crippen LogP contribution in [0.1, 0.15) is 35.7 Å². The summed E-state index contributed by atoms with van der Waals surface area (Å²) in [4.78, 5) is 11.3. The zero-order valence-corrected chi connectivity index (χ0v) is 20.1. The molecule has 3 rings (SSSR count). The summed E-state index contributed by atoms with van der Waals surface area (Å²) in [6.07, 6.45) is 3.37. The number of benzene rings is 1. The molecule has 0 radical (unpaired) electrons. The van der Waals surface area contributed by atoms with E-state index in [-0.39, 0.29) is 24.0 Å². The summed E-state index contributed by atoms with van der Waals surface area (Å²) in [6, 6.07) is 10.5. The highest BCUT2D eigenvalue weighted by Gasteiger charge is 2.21. The van der Waals surface area contributed by atoms with E-state index in [0.717, 1.165) is 62.4 Å². The monoisotopic (exact) mass is 511 g/mol. The molecule has 7 heteroatoms. The van der Waals surface area contributed by atoms with Crippen molar-refractivity contribution < 1.29 is 4.42 Å². The van der Waals surface area contributed by atoms with E-state index >= 15 is 0 Å². The number of piperidine rings is 1. The Bertz CT molecular complexity index is 734. The van der Waals surface area contributed by atoms with Gasteiger partial charge in [-0.1, -0.05) is 30.3 Å². The molecule has 0 amide bonds. The van der Waals surface area contributed by atoms with E-state index in [9.17, 15) is 0 Å². The predicted octanol–water partition coefficient (Wildman–Crippen LogP) is 3.53. The Labute approximate surface area is 191 Å². The molecule has 160 valence electrons. The molecular weight excluding hydrogens is 477 g/mol. The lowest BCUT2D eigenvalue weighted by Gasteiger charge is -2.31. The summed E-state index contributed by atoms with van der Waals surface area (Å²) >= 11 is 0. The molecule has 0 saturated carbocycles. The summed E-state index contributed by atoms with van der Waals surface area (Å²) in [6.45, 7) is 8.83. The van der Waals surface area contributed by atoms with Crippen LogP contribution in [-0.4, -0.2) is 49.1 Å². The maximum atomic E-state index is 5.72.